The monoisotopic (exact) mass is 311 g/mol. The molecule has 5 nitrogen and oxygen atoms in total. The highest BCUT2D eigenvalue weighted by atomic mass is 16.5. The molecule has 0 aliphatic carbocycles. The number of rotatable bonds is 5. The van der Waals surface area contributed by atoms with Crippen molar-refractivity contribution in [2.24, 2.45) is 5.73 Å². The second-order valence-corrected chi connectivity index (χ2v) is 4.86. The molecular formula is C18H17NO4. The number of hydrogen-bond donors (Lipinski definition) is 2. The highest BCUT2D eigenvalue weighted by Crippen LogP contribution is 2.26. The van der Waals surface area contributed by atoms with Gasteiger partial charge >= 0.3 is 11.9 Å². The number of methoxy groups -OCH3 is 1. The van der Waals surface area contributed by atoms with Crippen molar-refractivity contribution in [3.05, 3.63) is 65.2 Å². The van der Waals surface area contributed by atoms with Crippen LogP contribution in [0, 0.1) is 0 Å². The Morgan fingerprint density at radius 2 is 1.87 bits per heavy atom. The summed E-state index contributed by atoms with van der Waals surface area (Å²) in [6.45, 7) is 0.358. The van der Waals surface area contributed by atoms with Crippen molar-refractivity contribution in [1.82, 2.24) is 0 Å². The first kappa shape index (κ1) is 16.5. The van der Waals surface area contributed by atoms with E-state index in [1.54, 1.807) is 12.1 Å². The lowest BCUT2D eigenvalue weighted by Crippen LogP contribution is -2.02. The highest BCUT2D eigenvalue weighted by molar-refractivity contribution is 5.90. The summed E-state index contributed by atoms with van der Waals surface area (Å²) < 4.78 is 4.68. The fourth-order valence-electron chi connectivity index (χ4n) is 2.22. The zero-order chi connectivity index (χ0) is 16.8. The number of ether oxygens (including phenoxy) is 1. The minimum Gasteiger partial charge on any atom is -0.478 e. The van der Waals surface area contributed by atoms with Gasteiger partial charge in [-0.1, -0.05) is 24.3 Å². The van der Waals surface area contributed by atoms with Crippen LogP contribution in [-0.2, 0) is 16.1 Å². The topological polar surface area (TPSA) is 89.6 Å². The molecular weight excluding hydrogens is 294 g/mol. The van der Waals surface area contributed by atoms with E-state index < -0.39 is 11.9 Å². The van der Waals surface area contributed by atoms with Crippen molar-refractivity contribution in [3.63, 3.8) is 0 Å². The second-order valence-electron chi connectivity index (χ2n) is 4.86. The summed E-state index contributed by atoms with van der Waals surface area (Å²) >= 11 is 0. The van der Waals surface area contributed by atoms with E-state index in [1.807, 2.05) is 30.3 Å². The van der Waals surface area contributed by atoms with Gasteiger partial charge in [-0.15, -0.1) is 0 Å². The normalized spacial score (nSPS) is 10.7. The number of carboxylic acids is 1. The van der Waals surface area contributed by atoms with Crippen molar-refractivity contribution in [2.75, 3.05) is 7.11 Å². The Hall–Kier alpha value is -2.92. The molecule has 0 saturated heterocycles. The Morgan fingerprint density at radius 3 is 2.43 bits per heavy atom. The first-order chi connectivity index (χ1) is 11.0. The van der Waals surface area contributed by atoms with Crippen molar-refractivity contribution in [3.8, 4) is 11.1 Å². The van der Waals surface area contributed by atoms with E-state index in [0.717, 1.165) is 28.3 Å². The zero-order valence-electron chi connectivity index (χ0n) is 12.7. The molecule has 0 atom stereocenters. The standard InChI is InChI=1S/C18H17NO4/c1-23-18(22)14-7-5-13(6-8-14)16-10-12(3-9-17(20)21)2-4-15(16)11-19/h2-10H,11,19H2,1H3,(H,20,21). The molecule has 2 aromatic carbocycles. The number of nitrogens with two attached hydrogens (primary N) is 1. The van der Waals surface area contributed by atoms with E-state index in [0.29, 0.717) is 12.1 Å². The van der Waals surface area contributed by atoms with Gasteiger partial charge in [0.1, 0.15) is 0 Å². The number of hydrogen-bond acceptors (Lipinski definition) is 4. The molecule has 0 heterocycles. The minimum absolute atomic E-state index is 0.358. The van der Waals surface area contributed by atoms with Crippen LogP contribution < -0.4 is 5.73 Å². The maximum atomic E-state index is 11.5. The third kappa shape index (κ3) is 4.05. The van der Waals surface area contributed by atoms with E-state index in [-0.39, 0.29) is 0 Å². The lowest BCUT2D eigenvalue weighted by molar-refractivity contribution is -0.131. The molecule has 0 aliphatic rings. The van der Waals surface area contributed by atoms with Gasteiger partial charge in [0.2, 0.25) is 0 Å². The molecule has 0 fully saturated rings. The van der Waals surface area contributed by atoms with Crippen molar-refractivity contribution in [1.29, 1.82) is 0 Å². The molecule has 0 bridgehead atoms. The maximum Gasteiger partial charge on any atom is 0.337 e. The summed E-state index contributed by atoms with van der Waals surface area (Å²) in [5, 5.41) is 8.72. The minimum atomic E-state index is -1.00. The zero-order valence-corrected chi connectivity index (χ0v) is 12.7. The lowest BCUT2D eigenvalue weighted by Gasteiger charge is -2.10. The first-order valence-corrected chi connectivity index (χ1v) is 6.98. The van der Waals surface area contributed by atoms with Crippen molar-refractivity contribution in [2.45, 2.75) is 6.54 Å². The number of carbonyl (C=O) groups excluding carboxylic acids is 1. The molecule has 0 aliphatic heterocycles. The van der Waals surface area contributed by atoms with Gasteiger partial charge in [0.05, 0.1) is 12.7 Å². The number of carboxylic acid groups (broad SMARTS) is 1. The Morgan fingerprint density at radius 1 is 1.17 bits per heavy atom. The van der Waals surface area contributed by atoms with Crippen LogP contribution in [0.2, 0.25) is 0 Å². The molecule has 0 saturated carbocycles. The molecule has 0 spiro atoms. The Balaban J connectivity index is 2.42. The summed E-state index contributed by atoms with van der Waals surface area (Å²) in [7, 11) is 1.33. The van der Waals surface area contributed by atoms with Gasteiger partial charge < -0.3 is 15.6 Å². The average Bonchev–Trinajstić information content (AvgIpc) is 2.59. The van der Waals surface area contributed by atoms with Crippen LogP contribution in [0.1, 0.15) is 21.5 Å². The van der Waals surface area contributed by atoms with Crippen LogP contribution in [0.25, 0.3) is 17.2 Å². The molecule has 0 radical (unpaired) electrons. The molecule has 5 heteroatoms. The van der Waals surface area contributed by atoms with Crippen LogP contribution in [0.4, 0.5) is 0 Å². The molecule has 0 amide bonds. The van der Waals surface area contributed by atoms with E-state index >= 15 is 0 Å². The molecule has 0 aromatic heterocycles. The van der Waals surface area contributed by atoms with Gasteiger partial charge in [-0.05, 0) is 46.5 Å². The summed E-state index contributed by atoms with van der Waals surface area (Å²) in [6.07, 6.45) is 2.61. The Bertz CT molecular complexity index is 748. The average molecular weight is 311 g/mol. The predicted molar refractivity (Wildman–Crippen MR) is 87.8 cm³/mol. The molecule has 2 rings (SSSR count). The van der Waals surface area contributed by atoms with Crippen LogP contribution in [0.3, 0.4) is 0 Å². The summed E-state index contributed by atoms with van der Waals surface area (Å²) in [5.74, 6) is -1.40. The van der Waals surface area contributed by atoms with Gasteiger partial charge in [-0.2, -0.15) is 0 Å². The third-order valence-corrected chi connectivity index (χ3v) is 3.39. The summed E-state index contributed by atoms with van der Waals surface area (Å²) in [6, 6.07) is 12.5. The van der Waals surface area contributed by atoms with E-state index in [2.05, 4.69) is 4.74 Å². The number of benzene rings is 2. The second kappa shape index (κ2) is 7.38. The molecule has 118 valence electrons. The van der Waals surface area contributed by atoms with Crippen LogP contribution in [0.5, 0.6) is 0 Å². The van der Waals surface area contributed by atoms with Gasteiger partial charge in [0.25, 0.3) is 0 Å². The van der Waals surface area contributed by atoms with Gasteiger partial charge in [0, 0.05) is 12.6 Å². The number of esters is 1. The first-order valence-electron chi connectivity index (χ1n) is 6.98. The summed E-state index contributed by atoms with van der Waals surface area (Å²) in [4.78, 5) is 22.1. The van der Waals surface area contributed by atoms with E-state index in [9.17, 15) is 9.59 Å². The van der Waals surface area contributed by atoms with E-state index in [1.165, 1.54) is 13.2 Å². The maximum absolute atomic E-state index is 11.5. The smallest absolute Gasteiger partial charge is 0.337 e. The van der Waals surface area contributed by atoms with Crippen LogP contribution >= 0.6 is 0 Å². The van der Waals surface area contributed by atoms with Crippen molar-refractivity contribution >= 4 is 18.0 Å². The van der Waals surface area contributed by atoms with Crippen LogP contribution in [0.15, 0.2) is 48.5 Å². The molecule has 3 N–H and O–H groups in total. The van der Waals surface area contributed by atoms with E-state index in [4.69, 9.17) is 10.8 Å². The highest BCUT2D eigenvalue weighted by Gasteiger charge is 2.08. The molecule has 23 heavy (non-hydrogen) atoms. The fraction of sp³-hybridized carbons (Fsp3) is 0.111. The molecule has 2 aromatic rings. The van der Waals surface area contributed by atoms with Gasteiger partial charge in [-0.25, -0.2) is 9.59 Å². The third-order valence-electron chi connectivity index (χ3n) is 3.39. The SMILES string of the molecule is COC(=O)c1ccc(-c2cc(C=CC(=O)O)ccc2CN)cc1. The number of aliphatic carboxylic acids is 1. The Kier molecular flexibility index (Phi) is 5.28. The fourth-order valence-corrected chi connectivity index (χ4v) is 2.22. The molecule has 0 unspecified atom stereocenters. The Labute approximate surface area is 134 Å². The lowest BCUT2D eigenvalue weighted by atomic mass is 9.96. The van der Waals surface area contributed by atoms with Gasteiger partial charge in [0.15, 0.2) is 0 Å². The van der Waals surface area contributed by atoms with Gasteiger partial charge in [-0.3, -0.25) is 0 Å². The quantitative estimate of drug-likeness (QED) is 0.654. The largest absolute Gasteiger partial charge is 0.478 e. The number of carbonyl (C=O) groups is 2. The van der Waals surface area contributed by atoms with Crippen molar-refractivity contribution < 1.29 is 19.4 Å². The van der Waals surface area contributed by atoms with Crippen LogP contribution in [-0.4, -0.2) is 24.2 Å². The summed E-state index contributed by atoms with van der Waals surface area (Å²) in [5.41, 5.74) is 9.73. The predicted octanol–water partition coefficient (Wildman–Crippen LogP) is 2.70.